The Morgan fingerprint density at radius 2 is 1.68 bits per heavy atom. The van der Waals surface area contributed by atoms with E-state index in [-0.39, 0.29) is 5.54 Å². The monoisotopic (exact) mass is 260 g/mol. The van der Waals surface area contributed by atoms with Crippen LogP contribution in [0.15, 0.2) is 30.3 Å². The minimum atomic E-state index is -0.180. The first-order valence-electron chi connectivity index (χ1n) is 7.81. The summed E-state index contributed by atoms with van der Waals surface area (Å²) in [5.74, 6) is 0. The van der Waals surface area contributed by atoms with Gasteiger partial charge in [0.15, 0.2) is 0 Å². The summed E-state index contributed by atoms with van der Waals surface area (Å²) in [6.07, 6.45) is 7.63. The Balaban J connectivity index is 2.10. The lowest BCUT2D eigenvalue weighted by atomic mass is 9.86. The minimum Gasteiger partial charge on any atom is -0.320 e. The van der Waals surface area contributed by atoms with E-state index in [1.54, 1.807) is 0 Å². The van der Waals surface area contributed by atoms with Crippen molar-refractivity contribution in [2.75, 3.05) is 19.6 Å². The Kier molecular flexibility index (Phi) is 5.41. The first kappa shape index (κ1) is 14.5. The van der Waals surface area contributed by atoms with E-state index in [1.807, 2.05) is 0 Å². The molecular weight excluding hydrogens is 232 g/mol. The fourth-order valence-corrected chi connectivity index (χ4v) is 3.22. The van der Waals surface area contributed by atoms with Gasteiger partial charge in [-0.3, -0.25) is 0 Å². The van der Waals surface area contributed by atoms with Crippen LogP contribution in [0.5, 0.6) is 0 Å². The van der Waals surface area contributed by atoms with Crippen LogP contribution < -0.4 is 5.73 Å². The van der Waals surface area contributed by atoms with Crippen molar-refractivity contribution in [2.24, 2.45) is 5.73 Å². The maximum atomic E-state index is 6.77. The van der Waals surface area contributed by atoms with Crippen LogP contribution >= 0.6 is 0 Å². The Hall–Kier alpha value is -0.860. The molecule has 0 aliphatic carbocycles. The zero-order valence-corrected chi connectivity index (χ0v) is 12.3. The van der Waals surface area contributed by atoms with Crippen LogP contribution in [0.1, 0.15) is 51.0 Å². The largest absolute Gasteiger partial charge is 0.320 e. The number of benzene rings is 1. The van der Waals surface area contributed by atoms with Crippen LogP contribution in [0, 0.1) is 0 Å². The Labute approximate surface area is 118 Å². The van der Waals surface area contributed by atoms with E-state index in [2.05, 4.69) is 42.2 Å². The van der Waals surface area contributed by atoms with Crippen LogP contribution in [0.25, 0.3) is 0 Å². The molecule has 106 valence electrons. The van der Waals surface area contributed by atoms with Gasteiger partial charge in [-0.25, -0.2) is 0 Å². The molecular formula is C17H28N2. The highest BCUT2D eigenvalue weighted by Crippen LogP contribution is 2.26. The van der Waals surface area contributed by atoms with Gasteiger partial charge in [0, 0.05) is 6.54 Å². The maximum absolute atomic E-state index is 6.77. The molecule has 0 amide bonds. The van der Waals surface area contributed by atoms with Gasteiger partial charge in [-0.2, -0.15) is 0 Å². The molecule has 1 atom stereocenters. The molecule has 1 fully saturated rings. The van der Waals surface area contributed by atoms with E-state index < -0.39 is 0 Å². The fraction of sp³-hybridized carbons (Fsp3) is 0.647. The van der Waals surface area contributed by atoms with Gasteiger partial charge in [-0.1, -0.05) is 56.5 Å². The number of rotatable bonds is 5. The summed E-state index contributed by atoms with van der Waals surface area (Å²) in [5, 5.41) is 0. The summed E-state index contributed by atoms with van der Waals surface area (Å²) < 4.78 is 0. The van der Waals surface area contributed by atoms with E-state index in [4.69, 9.17) is 5.73 Å². The van der Waals surface area contributed by atoms with Crippen LogP contribution in [-0.4, -0.2) is 24.5 Å². The molecule has 2 nitrogen and oxygen atoms in total. The second-order valence-corrected chi connectivity index (χ2v) is 5.96. The third kappa shape index (κ3) is 4.05. The fourth-order valence-electron chi connectivity index (χ4n) is 3.22. The number of hydrogen-bond donors (Lipinski definition) is 1. The molecule has 2 rings (SSSR count). The molecule has 1 aromatic carbocycles. The van der Waals surface area contributed by atoms with E-state index in [9.17, 15) is 0 Å². The van der Waals surface area contributed by atoms with Gasteiger partial charge in [0.25, 0.3) is 0 Å². The van der Waals surface area contributed by atoms with Crippen molar-refractivity contribution >= 4 is 0 Å². The van der Waals surface area contributed by atoms with Gasteiger partial charge >= 0.3 is 0 Å². The van der Waals surface area contributed by atoms with Crippen molar-refractivity contribution in [3.8, 4) is 0 Å². The van der Waals surface area contributed by atoms with Gasteiger partial charge in [-0.05, 0) is 37.9 Å². The highest BCUT2D eigenvalue weighted by atomic mass is 15.1. The lowest BCUT2D eigenvalue weighted by Crippen LogP contribution is -2.48. The smallest absolute Gasteiger partial charge is 0.0538 e. The van der Waals surface area contributed by atoms with Crippen molar-refractivity contribution in [1.29, 1.82) is 0 Å². The molecule has 1 aliphatic rings. The molecule has 19 heavy (non-hydrogen) atoms. The van der Waals surface area contributed by atoms with Crippen LogP contribution in [0.2, 0.25) is 0 Å². The van der Waals surface area contributed by atoms with Crippen molar-refractivity contribution in [2.45, 2.75) is 51.0 Å². The maximum Gasteiger partial charge on any atom is 0.0538 e. The molecule has 2 N–H and O–H groups in total. The summed E-state index contributed by atoms with van der Waals surface area (Å²) in [5.41, 5.74) is 7.88. The first-order valence-corrected chi connectivity index (χ1v) is 7.81. The average Bonchev–Trinajstić information content (AvgIpc) is 2.68. The average molecular weight is 260 g/mol. The summed E-state index contributed by atoms with van der Waals surface area (Å²) in [4.78, 5) is 2.58. The van der Waals surface area contributed by atoms with Gasteiger partial charge < -0.3 is 10.6 Å². The van der Waals surface area contributed by atoms with Crippen LogP contribution in [-0.2, 0) is 5.54 Å². The second-order valence-electron chi connectivity index (χ2n) is 5.96. The normalized spacial score (nSPS) is 20.7. The molecule has 2 heteroatoms. The zero-order valence-electron chi connectivity index (χ0n) is 12.3. The summed E-state index contributed by atoms with van der Waals surface area (Å²) in [6, 6.07) is 10.7. The van der Waals surface area contributed by atoms with Crippen LogP contribution in [0.3, 0.4) is 0 Å². The van der Waals surface area contributed by atoms with Crippen molar-refractivity contribution in [3.05, 3.63) is 35.9 Å². The van der Waals surface area contributed by atoms with Crippen molar-refractivity contribution in [1.82, 2.24) is 4.90 Å². The van der Waals surface area contributed by atoms with E-state index >= 15 is 0 Å². The number of nitrogens with zero attached hydrogens (tertiary/aromatic N) is 1. The van der Waals surface area contributed by atoms with Gasteiger partial charge in [0.2, 0.25) is 0 Å². The standard InChI is InChI=1S/C17H28N2/c1-2-12-17(18,16-10-6-5-7-11-16)15-19-13-8-3-4-9-14-19/h5-7,10-11H,2-4,8-9,12-15,18H2,1H3. The molecule has 1 unspecified atom stereocenters. The summed E-state index contributed by atoms with van der Waals surface area (Å²) >= 11 is 0. The molecule has 1 heterocycles. The third-order valence-electron chi connectivity index (χ3n) is 4.25. The zero-order chi connectivity index (χ0) is 13.6. The van der Waals surface area contributed by atoms with Crippen LogP contribution in [0.4, 0.5) is 0 Å². The Bertz CT molecular complexity index is 355. The van der Waals surface area contributed by atoms with E-state index in [0.29, 0.717) is 0 Å². The number of hydrogen-bond acceptors (Lipinski definition) is 2. The number of nitrogens with two attached hydrogens (primary N) is 1. The lowest BCUT2D eigenvalue weighted by Gasteiger charge is -2.35. The van der Waals surface area contributed by atoms with E-state index in [1.165, 1.54) is 44.3 Å². The molecule has 0 radical (unpaired) electrons. The topological polar surface area (TPSA) is 29.3 Å². The molecule has 1 aliphatic heterocycles. The van der Waals surface area contributed by atoms with Gasteiger partial charge in [0.05, 0.1) is 5.54 Å². The quantitative estimate of drug-likeness (QED) is 0.877. The third-order valence-corrected chi connectivity index (χ3v) is 4.25. The van der Waals surface area contributed by atoms with Gasteiger partial charge in [-0.15, -0.1) is 0 Å². The summed E-state index contributed by atoms with van der Waals surface area (Å²) in [6.45, 7) is 5.67. The van der Waals surface area contributed by atoms with Gasteiger partial charge in [0.1, 0.15) is 0 Å². The molecule has 1 aromatic rings. The van der Waals surface area contributed by atoms with Crippen molar-refractivity contribution in [3.63, 3.8) is 0 Å². The summed E-state index contributed by atoms with van der Waals surface area (Å²) in [7, 11) is 0. The highest BCUT2D eigenvalue weighted by Gasteiger charge is 2.29. The Morgan fingerprint density at radius 1 is 1.05 bits per heavy atom. The second kappa shape index (κ2) is 7.06. The lowest BCUT2D eigenvalue weighted by molar-refractivity contribution is 0.205. The highest BCUT2D eigenvalue weighted by molar-refractivity contribution is 5.24. The minimum absolute atomic E-state index is 0.180. The van der Waals surface area contributed by atoms with E-state index in [0.717, 1.165) is 19.4 Å². The Morgan fingerprint density at radius 3 is 2.26 bits per heavy atom. The predicted octanol–water partition coefficient (Wildman–Crippen LogP) is 3.52. The first-order chi connectivity index (χ1) is 9.24. The molecule has 1 saturated heterocycles. The SMILES string of the molecule is CCCC(N)(CN1CCCCCC1)c1ccccc1. The molecule has 0 aromatic heterocycles. The predicted molar refractivity (Wildman–Crippen MR) is 82.1 cm³/mol. The molecule has 0 saturated carbocycles. The molecule has 0 bridgehead atoms. The van der Waals surface area contributed by atoms with Crippen molar-refractivity contribution < 1.29 is 0 Å². The molecule has 0 spiro atoms. The number of likely N-dealkylation sites (tertiary alicyclic amines) is 1.